The first-order valence-corrected chi connectivity index (χ1v) is 11.3. The molecular weight excluding hydrogens is 388 g/mol. The molecule has 0 saturated heterocycles. The molecule has 2 N–H and O–H groups in total. The van der Waals surface area contributed by atoms with Gasteiger partial charge in [-0.3, -0.25) is 9.69 Å². The number of hydrogen-bond acceptors (Lipinski definition) is 5. The monoisotopic (exact) mass is 422 g/mol. The number of aliphatic hydroxyl groups excluding tert-OH is 1. The molecule has 4 rings (SSSR count). The lowest BCUT2D eigenvalue weighted by molar-refractivity contribution is 0.0419. The molecule has 0 aliphatic heterocycles. The van der Waals surface area contributed by atoms with Crippen molar-refractivity contribution in [3.8, 4) is 5.75 Å². The lowest BCUT2D eigenvalue weighted by Gasteiger charge is -2.34. The highest BCUT2D eigenvalue weighted by molar-refractivity contribution is 6.03. The van der Waals surface area contributed by atoms with Gasteiger partial charge in [0.05, 0.1) is 18.3 Å². The maximum atomic E-state index is 13.2. The van der Waals surface area contributed by atoms with Crippen molar-refractivity contribution in [2.45, 2.75) is 57.6 Å². The molecule has 1 fully saturated rings. The Labute approximate surface area is 185 Å². The Hall–Kier alpha value is -2.37. The number of rotatable bonds is 8. The number of likely N-dealkylation sites (N-methyl/N-ethyl adjacent to an activating group) is 1. The molecule has 2 aliphatic carbocycles. The number of carbonyl (C=O) groups is 1. The Morgan fingerprint density at radius 2 is 1.94 bits per heavy atom. The van der Waals surface area contributed by atoms with Crippen LogP contribution in [0.5, 0.6) is 5.75 Å². The highest BCUT2D eigenvalue weighted by Crippen LogP contribution is 2.38. The van der Waals surface area contributed by atoms with Gasteiger partial charge in [-0.1, -0.05) is 19.1 Å². The average molecular weight is 423 g/mol. The Kier molecular flexibility index (Phi) is 6.09. The lowest BCUT2D eigenvalue weighted by atomic mass is 9.79. The van der Waals surface area contributed by atoms with Crippen molar-refractivity contribution in [3.63, 3.8) is 0 Å². The van der Waals surface area contributed by atoms with Crippen LogP contribution >= 0.6 is 0 Å². The first kappa shape index (κ1) is 21.8. The number of carbonyl (C=O) groups excluding carboxylic acids is 1. The lowest BCUT2D eigenvalue weighted by Crippen LogP contribution is -2.43. The number of hydrogen-bond donors (Lipinski definition) is 2. The molecule has 2 aliphatic rings. The van der Waals surface area contributed by atoms with Gasteiger partial charge in [0, 0.05) is 17.8 Å². The fourth-order valence-electron chi connectivity index (χ4n) is 4.38. The van der Waals surface area contributed by atoms with E-state index >= 15 is 0 Å². The number of aliphatic hydroxyl groups is 1. The van der Waals surface area contributed by atoms with Crippen LogP contribution in [0.1, 0.15) is 61.9 Å². The Morgan fingerprint density at radius 1 is 1.19 bits per heavy atom. The summed E-state index contributed by atoms with van der Waals surface area (Å²) in [5.74, 6) is 2.03. The number of benzene rings is 2. The second-order valence-corrected chi connectivity index (χ2v) is 9.84. The van der Waals surface area contributed by atoms with E-state index in [1.54, 1.807) is 0 Å². The molecule has 2 unspecified atom stereocenters. The van der Waals surface area contributed by atoms with Crippen LogP contribution in [0.25, 0.3) is 0 Å². The van der Waals surface area contributed by atoms with Gasteiger partial charge in [-0.25, -0.2) is 0 Å². The van der Waals surface area contributed by atoms with Gasteiger partial charge >= 0.3 is 0 Å². The summed E-state index contributed by atoms with van der Waals surface area (Å²) >= 11 is 0. The summed E-state index contributed by atoms with van der Waals surface area (Å²) in [6.45, 7) is 6.88. The molecule has 0 radical (unpaired) electrons. The molecule has 166 valence electrons. The van der Waals surface area contributed by atoms with Gasteiger partial charge in [0.2, 0.25) is 0 Å². The summed E-state index contributed by atoms with van der Waals surface area (Å²) in [6, 6.07) is 13.7. The molecule has 2 aromatic rings. The molecule has 0 amide bonds. The molecule has 31 heavy (non-hydrogen) atoms. The first-order chi connectivity index (χ1) is 14.8. The normalized spacial score (nSPS) is 21.2. The number of ether oxygens (including phenoxy) is 1. The largest absolute Gasteiger partial charge is 0.483 e. The number of ketones is 1. The molecule has 5 nitrogen and oxygen atoms in total. The molecule has 1 saturated carbocycles. The summed E-state index contributed by atoms with van der Waals surface area (Å²) in [7, 11) is 2.10. The predicted octanol–water partition coefficient (Wildman–Crippen LogP) is 4.98. The van der Waals surface area contributed by atoms with Crippen LogP contribution < -0.4 is 10.1 Å². The zero-order chi connectivity index (χ0) is 22.2. The van der Waals surface area contributed by atoms with Gasteiger partial charge in [-0.15, -0.1) is 0 Å². The molecule has 2 aromatic carbocycles. The van der Waals surface area contributed by atoms with Crippen molar-refractivity contribution in [3.05, 3.63) is 53.6 Å². The Balaban J connectivity index is 1.55. The van der Waals surface area contributed by atoms with E-state index in [-0.39, 0.29) is 18.4 Å². The van der Waals surface area contributed by atoms with E-state index in [1.807, 2.05) is 50.2 Å². The summed E-state index contributed by atoms with van der Waals surface area (Å²) < 4.78 is 6.01. The van der Waals surface area contributed by atoms with E-state index < -0.39 is 5.60 Å². The Bertz CT molecular complexity index is 951. The van der Waals surface area contributed by atoms with Crippen LogP contribution in [0.4, 0.5) is 11.4 Å². The van der Waals surface area contributed by atoms with Gasteiger partial charge < -0.3 is 15.2 Å². The van der Waals surface area contributed by atoms with Crippen molar-refractivity contribution < 1.29 is 14.6 Å². The van der Waals surface area contributed by atoms with Gasteiger partial charge in [0.25, 0.3) is 0 Å². The summed E-state index contributed by atoms with van der Waals surface area (Å²) in [6.07, 6.45) is 3.46. The number of nitrogens with one attached hydrogen (secondary N) is 1. The van der Waals surface area contributed by atoms with Gasteiger partial charge in [-0.05, 0) is 87.9 Å². The van der Waals surface area contributed by atoms with Crippen molar-refractivity contribution in [1.82, 2.24) is 4.90 Å². The third kappa shape index (κ3) is 4.94. The smallest absolute Gasteiger partial charge is 0.180 e. The van der Waals surface area contributed by atoms with E-state index in [0.717, 1.165) is 41.4 Å². The van der Waals surface area contributed by atoms with E-state index in [9.17, 15) is 9.90 Å². The van der Waals surface area contributed by atoms with E-state index in [2.05, 4.69) is 30.3 Å². The van der Waals surface area contributed by atoms with E-state index in [0.29, 0.717) is 11.7 Å². The van der Waals surface area contributed by atoms with Crippen LogP contribution in [-0.4, -0.2) is 47.6 Å². The van der Waals surface area contributed by atoms with Gasteiger partial charge in [-0.2, -0.15) is 0 Å². The predicted molar refractivity (Wildman–Crippen MR) is 124 cm³/mol. The highest BCUT2D eigenvalue weighted by Gasteiger charge is 2.36. The summed E-state index contributed by atoms with van der Waals surface area (Å²) in [5, 5.41) is 13.0. The van der Waals surface area contributed by atoms with Gasteiger partial charge in [0.1, 0.15) is 11.4 Å². The fraction of sp³-hybridized carbons (Fsp3) is 0.500. The minimum absolute atomic E-state index is 0.0169. The minimum atomic E-state index is -0.671. The molecule has 2 atom stereocenters. The van der Waals surface area contributed by atoms with Crippen LogP contribution in [0.2, 0.25) is 0 Å². The summed E-state index contributed by atoms with van der Waals surface area (Å²) in [4.78, 5) is 15.5. The second-order valence-electron chi connectivity index (χ2n) is 9.84. The zero-order valence-corrected chi connectivity index (χ0v) is 19.0. The Morgan fingerprint density at radius 3 is 2.65 bits per heavy atom. The minimum Gasteiger partial charge on any atom is -0.483 e. The quantitative estimate of drug-likeness (QED) is 0.628. The molecular formula is C26H34N2O3. The SMILES string of the molecule is CC1CC(N(C)CC2CC2)C(=O)c2ccc(Nc3ccccc3OC(C)(C)CO)cc21. The molecule has 0 aromatic heterocycles. The maximum absolute atomic E-state index is 13.2. The number of anilines is 2. The van der Waals surface area contributed by atoms with Crippen LogP contribution in [0.15, 0.2) is 42.5 Å². The average Bonchev–Trinajstić information content (AvgIpc) is 3.56. The number of para-hydroxylation sites is 2. The number of Topliss-reactive ketones (excluding diaryl/α,β-unsaturated/α-hetero) is 1. The summed E-state index contributed by atoms with van der Waals surface area (Å²) in [5.41, 5.74) is 3.06. The van der Waals surface area contributed by atoms with Crippen molar-refractivity contribution >= 4 is 17.2 Å². The third-order valence-corrected chi connectivity index (χ3v) is 6.44. The van der Waals surface area contributed by atoms with Gasteiger partial charge in [0.15, 0.2) is 5.78 Å². The highest BCUT2D eigenvalue weighted by atomic mass is 16.5. The third-order valence-electron chi connectivity index (χ3n) is 6.44. The molecule has 5 heteroatoms. The molecule has 0 heterocycles. The van der Waals surface area contributed by atoms with E-state index in [1.165, 1.54) is 12.8 Å². The topological polar surface area (TPSA) is 61.8 Å². The van der Waals surface area contributed by atoms with Crippen molar-refractivity contribution in [2.24, 2.45) is 5.92 Å². The zero-order valence-electron chi connectivity index (χ0n) is 19.0. The second kappa shape index (κ2) is 8.64. The molecule has 0 spiro atoms. The van der Waals surface area contributed by atoms with Crippen molar-refractivity contribution in [2.75, 3.05) is 25.5 Å². The fourth-order valence-corrected chi connectivity index (χ4v) is 4.38. The van der Waals surface area contributed by atoms with Crippen molar-refractivity contribution in [1.29, 1.82) is 0 Å². The van der Waals surface area contributed by atoms with Crippen LogP contribution in [0.3, 0.4) is 0 Å². The van der Waals surface area contributed by atoms with Crippen LogP contribution in [-0.2, 0) is 0 Å². The van der Waals surface area contributed by atoms with Crippen LogP contribution in [0, 0.1) is 5.92 Å². The number of fused-ring (bicyclic) bond motifs is 1. The maximum Gasteiger partial charge on any atom is 0.180 e. The number of nitrogens with zero attached hydrogens (tertiary/aromatic N) is 1. The standard InChI is InChI=1S/C26H34N2O3/c1-17-13-23(28(4)15-18-9-10-18)25(30)20-12-11-19(14-21(17)20)27-22-7-5-6-8-24(22)31-26(2,3)16-29/h5-8,11-12,14,17-18,23,27,29H,9-10,13,15-16H2,1-4H3. The first-order valence-electron chi connectivity index (χ1n) is 11.3. The molecule has 0 bridgehead atoms. The van der Waals surface area contributed by atoms with E-state index in [4.69, 9.17) is 4.74 Å².